The molecule has 1 aromatic heterocycles. The molecule has 2 aromatic rings. The van der Waals surface area contributed by atoms with Gasteiger partial charge in [0.25, 0.3) is 0 Å². The van der Waals surface area contributed by atoms with Gasteiger partial charge < -0.3 is 10.1 Å². The van der Waals surface area contributed by atoms with Gasteiger partial charge in [0.15, 0.2) is 0 Å². The maximum Gasteiger partial charge on any atom is 0.138 e. The normalized spacial score (nSPS) is 13.4. The molecule has 0 fully saturated rings. The van der Waals surface area contributed by atoms with E-state index in [-0.39, 0.29) is 0 Å². The van der Waals surface area contributed by atoms with Crippen molar-refractivity contribution in [2.45, 2.75) is 19.7 Å². The van der Waals surface area contributed by atoms with Crippen LogP contribution in [0.25, 0.3) is 0 Å². The summed E-state index contributed by atoms with van der Waals surface area (Å²) in [6.45, 7) is 2.55. The molecular weight excluding hydrogens is 212 g/mol. The van der Waals surface area contributed by atoms with E-state index in [9.17, 15) is 0 Å². The zero-order valence-electron chi connectivity index (χ0n) is 9.52. The molecule has 1 aliphatic heterocycles. The standard InChI is InChI=1S/C14H14N2O/c1-2-14(9-15-5-1)17-10-11-3-4-12-7-16-8-13(12)6-11/h1-6,9,16H,7-8,10H2. The van der Waals surface area contributed by atoms with Crippen LogP contribution in [0.5, 0.6) is 5.75 Å². The Balaban J connectivity index is 1.70. The van der Waals surface area contributed by atoms with Crippen LogP contribution in [0.15, 0.2) is 42.7 Å². The minimum absolute atomic E-state index is 0.596. The molecule has 86 valence electrons. The SMILES string of the molecule is c1cncc(OCc2ccc3c(c2)CNC3)c1. The molecule has 1 N–H and O–H groups in total. The van der Waals surface area contributed by atoms with E-state index in [1.54, 1.807) is 12.4 Å². The zero-order valence-corrected chi connectivity index (χ0v) is 9.52. The molecule has 0 amide bonds. The van der Waals surface area contributed by atoms with Crippen molar-refractivity contribution in [3.05, 3.63) is 59.4 Å². The van der Waals surface area contributed by atoms with E-state index in [1.807, 2.05) is 12.1 Å². The lowest BCUT2D eigenvalue weighted by atomic mass is 10.1. The van der Waals surface area contributed by atoms with Crippen LogP contribution in [-0.4, -0.2) is 4.98 Å². The van der Waals surface area contributed by atoms with Crippen LogP contribution in [0.1, 0.15) is 16.7 Å². The number of fused-ring (bicyclic) bond motifs is 1. The molecule has 17 heavy (non-hydrogen) atoms. The average molecular weight is 226 g/mol. The summed E-state index contributed by atoms with van der Waals surface area (Å²) in [5.74, 6) is 0.811. The van der Waals surface area contributed by atoms with Gasteiger partial charge in [-0.15, -0.1) is 0 Å². The molecule has 0 saturated carbocycles. The second-order valence-electron chi connectivity index (χ2n) is 4.18. The molecule has 0 aliphatic carbocycles. The number of benzene rings is 1. The van der Waals surface area contributed by atoms with Crippen molar-refractivity contribution in [1.82, 2.24) is 10.3 Å². The predicted octanol–water partition coefficient (Wildman–Crippen LogP) is 2.26. The van der Waals surface area contributed by atoms with E-state index in [0.29, 0.717) is 6.61 Å². The van der Waals surface area contributed by atoms with Gasteiger partial charge in [0.05, 0.1) is 6.20 Å². The second-order valence-corrected chi connectivity index (χ2v) is 4.18. The lowest BCUT2D eigenvalue weighted by Crippen LogP contribution is -2.00. The van der Waals surface area contributed by atoms with Crippen molar-refractivity contribution in [1.29, 1.82) is 0 Å². The Morgan fingerprint density at radius 1 is 1.18 bits per heavy atom. The molecule has 2 heterocycles. The highest BCUT2D eigenvalue weighted by atomic mass is 16.5. The molecular formula is C14H14N2O. The number of rotatable bonds is 3. The largest absolute Gasteiger partial charge is 0.487 e. The topological polar surface area (TPSA) is 34.1 Å². The third-order valence-corrected chi connectivity index (χ3v) is 2.94. The van der Waals surface area contributed by atoms with Crippen LogP contribution >= 0.6 is 0 Å². The van der Waals surface area contributed by atoms with Crippen molar-refractivity contribution in [3.63, 3.8) is 0 Å². The van der Waals surface area contributed by atoms with Crippen LogP contribution in [0.2, 0.25) is 0 Å². The van der Waals surface area contributed by atoms with Crippen LogP contribution in [0.4, 0.5) is 0 Å². The number of hydrogen-bond acceptors (Lipinski definition) is 3. The summed E-state index contributed by atoms with van der Waals surface area (Å²) < 4.78 is 5.67. The number of hydrogen-bond donors (Lipinski definition) is 1. The van der Waals surface area contributed by atoms with Crippen molar-refractivity contribution in [2.24, 2.45) is 0 Å². The van der Waals surface area contributed by atoms with Gasteiger partial charge in [-0.25, -0.2) is 0 Å². The fourth-order valence-corrected chi connectivity index (χ4v) is 2.04. The third kappa shape index (κ3) is 2.29. The van der Waals surface area contributed by atoms with Gasteiger partial charge in [-0.2, -0.15) is 0 Å². The summed E-state index contributed by atoms with van der Waals surface area (Å²) >= 11 is 0. The van der Waals surface area contributed by atoms with Gasteiger partial charge in [0.1, 0.15) is 12.4 Å². The highest BCUT2D eigenvalue weighted by Gasteiger charge is 2.09. The molecule has 0 atom stereocenters. The summed E-state index contributed by atoms with van der Waals surface area (Å²) in [5, 5.41) is 3.34. The van der Waals surface area contributed by atoms with E-state index in [0.717, 1.165) is 18.8 Å². The molecule has 1 aliphatic rings. The van der Waals surface area contributed by atoms with E-state index < -0.39 is 0 Å². The number of nitrogens with zero attached hydrogens (tertiary/aromatic N) is 1. The van der Waals surface area contributed by atoms with Crippen molar-refractivity contribution < 1.29 is 4.74 Å². The third-order valence-electron chi connectivity index (χ3n) is 2.94. The first-order valence-electron chi connectivity index (χ1n) is 5.76. The molecule has 0 spiro atoms. The van der Waals surface area contributed by atoms with Crippen molar-refractivity contribution in [2.75, 3.05) is 0 Å². The Kier molecular flexibility index (Phi) is 2.76. The smallest absolute Gasteiger partial charge is 0.138 e. The van der Waals surface area contributed by atoms with E-state index in [4.69, 9.17) is 4.74 Å². The summed E-state index contributed by atoms with van der Waals surface area (Å²) in [7, 11) is 0. The summed E-state index contributed by atoms with van der Waals surface area (Å²) in [5.41, 5.74) is 3.99. The number of aromatic nitrogens is 1. The number of nitrogens with one attached hydrogen (secondary N) is 1. The average Bonchev–Trinajstić information content (AvgIpc) is 2.85. The monoisotopic (exact) mass is 226 g/mol. The fraction of sp³-hybridized carbons (Fsp3) is 0.214. The lowest BCUT2D eigenvalue weighted by molar-refractivity contribution is 0.305. The Hall–Kier alpha value is -1.87. The molecule has 3 heteroatoms. The Labute approximate surface area is 100 Å². The highest BCUT2D eigenvalue weighted by Crippen LogP contribution is 2.18. The Morgan fingerprint density at radius 3 is 3.00 bits per heavy atom. The molecule has 3 nitrogen and oxygen atoms in total. The van der Waals surface area contributed by atoms with Gasteiger partial charge >= 0.3 is 0 Å². The molecule has 1 aromatic carbocycles. The summed E-state index contributed by atoms with van der Waals surface area (Å²) in [6, 6.07) is 10.3. The zero-order chi connectivity index (χ0) is 11.5. The van der Waals surface area contributed by atoms with Crippen molar-refractivity contribution >= 4 is 0 Å². The van der Waals surface area contributed by atoms with Crippen molar-refractivity contribution in [3.8, 4) is 5.75 Å². The first kappa shape index (κ1) is 10.3. The fourth-order valence-electron chi connectivity index (χ4n) is 2.04. The van der Waals surface area contributed by atoms with Crippen LogP contribution in [0, 0.1) is 0 Å². The summed E-state index contributed by atoms with van der Waals surface area (Å²) in [6.07, 6.45) is 3.48. The first-order chi connectivity index (χ1) is 8.42. The number of ether oxygens (including phenoxy) is 1. The van der Waals surface area contributed by atoms with E-state index in [1.165, 1.54) is 16.7 Å². The van der Waals surface area contributed by atoms with Crippen LogP contribution < -0.4 is 10.1 Å². The van der Waals surface area contributed by atoms with E-state index >= 15 is 0 Å². The first-order valence-corrected chi connectivity index (χ1v) is 5.76. The minimum Gasteiger partial charge on any atom is -0.487 e. The van der Waals surface area contributed by atoms with Gasteiger partial charge in [0.2, 0.25) is 0 Å². The van der Waals surface area contributed by atoms with Gasteiger partial charge in [-0.1, -0.05) is 18.2 Å². The van der Waals surface area contributed by atoms with E-state index in [2.05, 4.69) is 28.5 Å². The Bertz CT molecular complexity index is 511. The maximum atomic E-state index is 5.67. The predicted molar refractivity (Wildman–Crippen MR) is 65.6 cm³/mol. The van der Waals surface area contributed by atoms with Gasteiger partial charge in [0, 0.05) is 19.3 Å². The van der Waals surface area contributed by atoms with Gasteiger partial charge in [-0.05, 0) is 28.8 Å². The van der Waals surface area contributed by atoms with Gasteiger partial charge in [-0.3, -0.25) is 4.98 Å². The molecule has 3 rings (SSSR count). The molecule has 0 radical (unpaired) electrons. The molecule has 0 unspecified atom stereocenters. The second kappa shape index (κ2) is 4.55. The Morgan fingerprint density at radius 2 is 2.12 bits per heavy atom. The maximum absolute atomic E-state index is 5.67. The molecule has 0 saturated heterocycles. The minimum atomic E-state index is 0.596. The van der Waals surface area contributed by atoms with Crippen LogP contribution in [-0.2, 0) is 19.7 Å². The quantitative estimate of drug-likeness (QED) is 0.871. The van der Waals surface area contributed by atoms with Crippen LogP contribution in [0.3, 0.4) is 0 Å². The lowest BCUT2D eigenvalue weighted by Gasteiger charge is -2.07. The highest BCUT2D eigenvalue weighted by molar-refractivity contribution is 5.34. The molecule has 0 bridgehead atoms. The number of pyridine rings is 1. The summed E-state index contributed by atoms with van der Waals surface area (Å²) in [4.78, 5) is 4.02.